The maximum atomic E-state index is 14.2. The van der Waals surface area contributed by atoms with Crippen molar-refractivity contribution in [3.05, 3.63) is 60.2 Å². The predicted octanol–water partition coefficient (Wildman–Crippen LogP) is -0.165. The van der Waals surface area contributed by atoms with Gasteiger partial charge < -0.3 is 50.7 Å². The van der Waals surface area contributed by atoms with E-state index in [-0.39, 0.29) is 71.0 Å². The maximum absolute atomic E-state index is 14.2. The van der Waals surface area contributed by atoms with Crippen molar-refractivity contribution in [3.8, 4) is 0 Å². The number of carboxylic acids is 2. The number of amides is 6. The lowest BCUT2D eigenvalue weighted by atomic mass is 10.2. The zero-order valence-electron chi connectivity index (χ0n) is 37.2. The Bertz CT molecular complexity index is 1840. The van der Waals surface area contributed by atoms with Gasteiger partial charge in [0.25, 0.3) is 0 Å². The number of nitrogens with zero attached hydrogens (tertiary/aromatic N) is 8. The molecular weight excluding hydrogens is 833 g/mol. The van der Waals surface area contributed by atoms with Gasteiger partial charge in [0, 0.05) is 77.5 Å². The van der Waals surface area contributed by atoms with Crippen molar-refractivity contribution in [2.45, 2.75) is 71.9 Å². The van der Waals surface area contributed by atoms with Gasteiger partial charge in [0.2, 0.25) is 35.4 Å². The molecule has 0 atom stereocenters. The Hall–Kier alpha value is -6.35. The molecule has 352 valence electrons. The highest BCUT2D eigenvalue weighted by Crippen LogP contribution is 2.10. The van der Waals surface area contributed by atoms with E-state index in [0.29, 0.717) is 24.9 Å². The first kappa shape index (κ1) is 53.8. The number of ketones is 1. The highest BCUT2D eigenvalue weighted by Gasteiger charge is 2.29. The predicted molar refractivity (Wildman–Crippen MR) is 233 cm³/mol. The second kappa shape index (κ2) is 29.9. The molecule has 2 aromatic heterocycles. The van der Waals surface area contributed by atoms with Gasteiger partial charge in [0.1, 0.15) is 6.54 Å². The van der Waals surface area contributed by atoms with Crippen LogP contribution in [-0.2, 0) is 56.2 Å². The Balaban J connectivity index is 2.31. The Morgan fingerprint density at radius 1 is 0.578 bits per heavy atom. The number of nitrogens with one attached hydrogen (secondary N) is 1. The Kier molecular flexibility index (Phi) is 25.1. The van der Waals surface area contributed by atoms with Crippen molar-refractivity contribution < 1.29 is 53.4 Å². The molecule has 21 nitrogen and oxygen atoms in total. The summed E-state index contributed by atoms with van der Waals surface area (Å²) in [4.78, 5) is 133. The Morgan fingerprint density at radius 2 is 1.06 bits per heavy atom. The molecule has 21 heteroatoms. The number of aromatic nitrogens is 2. The highest BCUT2D eigenvalue weighted by molar-refractivity contribution is 5.93. The normalized spacial score (nSPS) is 10.7. The standard InChI is InChI=1S/C43H64N10O11/c1-4-6-12-35(54)27-48(3)37(56)28-52(21-14-43(63)64)40(59)32-53(26-34-11-8-17-46-24-34)41(60)31-50(19-9-15-44)39(58)29-49(18-5-2)38(57)30-51(20-13-42(61)62)36(55)25-47-23-33-10-7-16-45-22-33/h7-8,10-11,16-17,22,24,47H,4-6,9,12-15,18-21,23,25-32,44H2,1-3H3,(H,61,62)(H,63,64). The highest BCUT2D eigenvalue weighted by atomic mass is 16.4. The SMILES string of the molecule is CCCCC(=O)CN(C)C(=O)CN(CCC(=O)O)C(=O)CN(Cc1cccnc1)C(=O)CN(CCCN)C(=O)CN(CCC)C(=O)CN(CCC(=O)O)C(=O)CNCc1cccnc1. The van der Waals surface area contributed by atoms with E-state index in [0.717, 1.165) is 26.7 Å². The summed E-state index contributed by atoms with van der Waals surface area (Å²) in [6, 6.07) is 6.84. The van der Waals surface area contributed by atoms with E-state index in [1.54, 1.807) is 37.5 Å². The van der Waals surface area contributed by atoms with E-state index in [9.17, 15) is 53.4 Å². The van der Waals surface area contributed by atoms with Crippen LogP contribution in [0.4, 0.5) is 0 Å². The van der Waals surface area contributed by atoms with Crippen LogP contribution in [0.2, 0.25) is 0 Å². The summed E-state index contributed by atoms with van der Waals surface area (Å²) in [5.41, 5.74) is 7.12. The van der Waals surface area contributed by atoms with E-state index < -0.39 is 92.9 Å². The van der Waals surface area contributed by atoms with Crippen LogP contribution in [0.25, 0.3) is 0 Å². The molecule has 2 heterocycles. The van der Waals surface area contributed by atoms with Gasteiger partial charge in [-0.2, -0.15) is 0 Å². The number of Topliss-reactive ketones (excluding diaryl/α,β-unsaturated/α-hetero) is 1. The number of carbonyl (C=O) groups excluding carboxylic acids is 7. The van der Waals surface area contributed by atoms with Crippen LogP contribution in [0, 0.1) is 0 Å². The lowest BCUT2D eigenvalue weighted by molar-refractivity contribution is -0.148. The molecule has 0 spiro atoms. The van der Waals surface area contributed by atoms with Crippen molar-refractivity contribution in [1.82, 2.24) is 44.7 Å². The number of carboxylic acid groups (broad SMARTS) is 2. The lowest BCUT2D eigenvalue weighted by Gasteiger charge is -2.32. The zero-order chi connectivity index (χ0) is 47.4. The summed E-state index contributed by atoms with van der Waals surface area (Å²) in [6.45, 7) is 0.350. The molecule has 2 aromatic rings. The van der Waals surface area contributed by atoms with Crippen LogP contribution in [-0.4, -0.2) is 188 Å². The average Bonchev–Trinajstić information content (AvgIpc) is 3.26. The molecule has 6 amide bonds. The molecule has 0 fully saturated rings. The Labute approximate surface area is 373 Å². The molecule has 0 unspecified atom stereocenters. The molecule has 0 aliphatic heterocycles. The number of aliphatic carboxylic acids is 2. The third-order valence-electron chi connectivity index (χ3n) is 9.78. The molecule has 0 radical (unpaired) electrons. The summed E-state index contributed by atoms with van der Waals surface area (Å²) >= 11 is 0. The fourth-order valence-electron chi connectivity index (χ4n) is 6.20. The van der Waals surface area contributed by atoms with Crippen molar-refractivity contribution in [2.75, 3.05) is 85.6 Å². The zero-order valence-corrected chi connectivity index (χ0v) is 37.2. The van der Waals surface area contributed by atoms with Gasteiger partial charge in [-0.1, -0.05) is 32.4 Å². The van der Waals surface area contributed by atoms with Gasteiger partial charge in [0.05, 0.1) is 52.1 Å². The number of hydrogen-bond acceptors (Lipinski definition) is 13. The molecule has 64 heavy (non-hydrogen) atoms. The smallest absolute Gasteiger partial charge is 0.305 e. The van der Waals surface area contributed by atoms with Gasteiger partial charge in [-0.05, 0) is 49.1 Å². The number of rotatable bonds is 32. The largest absolute Gasteiger partial charge is 0.481 e. The number of pyridine rings is 2. The average molecular weight is 897 g/mol. The van der Waals surface area contributed by atoms with Crippen molar-refractivity contribution in [3.63, 3.8) is 0 Å². The van der Waals surface area contributed by atoms with Crippen LogP contribution < -0.4 is 11.1 Å². The van der Waals surface area contributed by atoms with Gasteiger partial charge in [-0.15, -0.1) is 0 Å². The number of hydrogen-bond donors (Lipinski definition) is 4. The number of unbranched alkanes of at least 4 members (excludes halogenated alkanes) is 1. The number of likely N-dealkylation sites (N-methyl/N-ethyl adjacent to an activating group) is 1. The van der Waals surface area contributed by atoms with E-state index in [2.05, 4.69) is 15.3 Å². The first-order chi connectivity index (χ1) is 30.6. The first-order valence-electron chi connectivity index (χ1n) is 21.3. The van der Waals surface area contributed by atoms with E-state index in [4.69, 9.17) is 5.73 Å². The lowest BCUT2D eigenvalue weighted by Crippen LogP contribution is -2.52. The van der Waals surface area contributed by atoms with Crippen LogP contribution >= 0.6 is 0 Å². The van der Waals surface area contributed by atoms with E-state index in [1.165, 1.54) is 34.1 Å². The maximum Gasteiger partial charge on any atom is 0.305 e. The monoisotopic (exact) mass is 896 g/mol. The van der Waals surface area contributed by atoms with Crippen molar-refractivity contribution in [1.29, 1.82) is 0 Å². The quantitative estimate of drug-likeness (QED) is 0.0743. The molecule has 0 bridgehead atoms. The van der Waals surface area contributed by atoms with E-state index >= 15 is 0 Å². The fraction of sp³-hybridized carbons (Fsp3) is 0.558. The molecule has 0 saturated carbocycles. The van der Waals surface area contributed by atoms with Gasteiger partial charge in [-0.3, -0.25) is 53.1 Å². The summed E-state index contributed by atoms with van der Waals surface area (Å²) < 4.78 is 0. The van der Waals surface area contributed by atoms with Crippen molar-refractivity contribution in [2.24, 2.45) is 5.73 Å². The minimum atomic E-state index is -1.23. The van der Waals surface area contributed by atoms with E-state index in [1.807, 2.05) is 13.0 Å². The van der Waals surface area contributed by atoms with Crippen LogP contribution in [0.3, 0.4) is 0 Å². The number of nitrogens with two attached hydrogens (primary N) is 1. The topological polar surface area (TPSA) is 277 Å². The molecule has 0 aromatic carbocycles. The van der Waals surface area contributed by atoms with Crippen LogP contribution in [0.5, 0.6) is 0 Å². The first-order valence-corrected chi connectivity index (χ1v) is 21.3. The summed E-state index contributed by atoms with van der Waals surface area (Å²) in [5.74, 6) is -6.41. The summed E-state index contributed by atoms with van der Waals surface area (Å²) in [5, 5.41) is 21.7. The molecule has 0 aliphatic carbocycles. The third kappa shape index (κ3) is 21.1. The molecular formula is C43H64N10O11. The molecule has 0 aliphatic rings. The van der Waals surface area contributed by atoms with Gasteiger partial charge >= 0.3 is 11.9 Å². The molecule has 2 rings (SSSR count). The van der Waals surface area contributed by atoms with Crippen LogP contribution in [0.15, 0.2) is 49.1 Å². The third-order valence-corrected chi connectivity index (χ3v) is 9.78. The minimum Gasteiger partial charge on any atom is -0.481 e. The summed E-state index contributed by atoms with van der Waals surface area (Å²) in [7, 11) is 1.41. The summed E-state index contributed by atoms with van der Waals surface area (Å²) in [6.07, 6.45) is 7.70. The number of carbonyl (C=O) groups is 9. The molecule has 5 N–H and O–H groups in total. The van der Waals surface area contributed by atoms with Gasteiger partial charge in [-0.25, -0.2) is 0 Å². The Morgan fingerprint density at radius 3 is 1.56 bits per heavy atom. The fourth-order valence-corrected chi connectivity index (χ4v) is 6.20. The second-order valence-corrected chi connectivity index (χ2v) is 15.2. The second-order valence-electron chi connectivity index (χ2n) is 15.2. The molecule has 0 saturated heterocycles. The minimum absolute atomic E-state index is 0.00170. The van der Waals surface area contributed by atoms with Crippen molar-refractivity contribution >= 4 is 53.2 Å². The van der Waals surface area contributed by atoms with Gasteiger partial charge in [0.15, 0.2) is 5.78 Å². The van der Waals surface area contributed by atoms with Crippen LogP contribution in [0.1, 0.15) is 69.9 Å².